The highest BCUT2D eigenvalue weighted by Crippen LogP contribution is 2.29. The summed E-state index contributed by atoms with van der Waals surface area (Å²) in [6.45, 7) is 4.00. The van der Waals surface area contributed by atoms with Crippen molar-refractivity contribution in [2.24, 2.45) is 0 Å². The predicted octanol–water partition coefficient (Wildman–Crippen LogP) is 3.92. The summed E-state index contributed by atoms with van der Waals surface area (Å²) in [4.78, 5) is 0. The van der Waals surface area contributed by atoms with Gasteiger partial charge in [-0.2, -0.15) is 13.2 Å². The molecule has 0 aliphatic rings. The molecule has 1 nitrogen and oxygen atoms in total. The average Bonchev–Trinajstić information content (AvgIpc) is 2.17. The van der Waals surface area contributed by atoms with Crippen LogP contribution >= 0.6 is 0 Å². The van der Waals surface area contributed by atoms with E-state index in [4.69, 9.17) is 0 Å². The topological polar surface area (TPSA) is 12.0 Å². The quantitative estimate of drug-likeness (QED) is 0.809. The van der Waals surface area contributed by atoms with Crippen molar-refractivity contribution in [3.63, 3.8) is 0 Å². The molecule has 1 atom stereocenters. The van der Waals surface area contributed by atoms with Gasteiger partial charge < -0.3 is 5.32 Å². The Morgan fingerprint density at radius 2 is 1.73 bits per heavy atom. The zero-order valence-electron chi connectivity index (χ0n) is 8.73. The van der Waals surface area contributed by atoms with Crippen molar-refractivity contribution < 1.29 is 13.2 Å². The molecule has 0 radical (unpaired) electrons. The number of alkyl halides is 3. The SMILES string of the molecule is CCC(C)Nc1ccc(C(F)(F)F)cc1. The van der Waals surface area contributed by atoms with Gasteiger partial charge in [-0.3, -0.25) is 0 Å². The molecule has 15 heavy (non-hydrogen) atoms. The summed E-state index contributed by atoms with van der Waals surface area (Å²) in [5, 5.41) is 3.10. The van der Waals surface area contributed by atoms with Gasteiger partial charge in [0.05, 0.1) is 5.56 Å². The van der Waals surface area contributed by atoms with Crippen LogP contribution in [0.1, 0.15) is 25.8 Å². The van der Waals surface area contributed by atoms with Crippen LogP contribution in [0.4, 0.5) is 18.9 Å². The Hall–Kier alpha value is -1.19. The number of hydrogen-bond acceptors (Lipinski definition) is 1. The summed E-state index contributed by atoms with van der Waals surface area (Å²) >= 11 is 0. The van der Waals surface area contributed by atoms with E-state index in [1.807, 2.05) is 13.8 Å². The molecule has 0 aliphatic heterocycles. The summed E-state index contributed by atoms with van der Waals surface area (Å²) < 4.78 is 36.7. The maximum absolute atomic E-state index is 12.2. The molecule has 1 aromatic carbocycles. The van der Waals surface area contributed by atoms with Gasteiger partial charge in [-0.1, -0.05) is 6.92 Å². The number of anilines is 1. The highest BCUT2D eigenvalue weighted by Gasteiger charge is 2.29. The molecule has 1 rings (SSSR count). The summed E-state index contributed by atoms with van der Waals surface area (Å²) in [5.74, 6) is 0. The van der Waals surface area contributed by atoms with Crippen LogP contribution in [-0.4, -0.2) is 6.04 Å². The third-order valence-corrected chi connectivity index (χ3v) is 2.24. The van der Waals surface area contributed by atoms with E-state index < -0.39 is 11.7 Å². The monoisotopic (exact) mass is 217 g/mol. The second kappa shape index (κ2) is 4.55. The second-order valence-corrected chi connectivity index (χ2v) is 3.53. The molecule has 1 unspecified atom stereocenters. The van der Waals surface area contributed by atoms with Crippen LogP contribution in [0.3, 0.4) is 0 Å². The molecular formula is C11H14F3N. The molecule has 0 saturated carbocycles. The Morgan fingerprint density at radius 1 is 1.20 bits per heavy atom. The summed E-state index contributed by atoms with van der Waals surface area (Å²) in [7, 11) is 0. The van der Waals surface area contributed by atoms with Gasteiger partial charge in [-0.05, 0) is 37.6 Å². The van der Waals surface area contributed by atoms with Crippen LogP contribution in [0.25, 0.3) is 0 Å². The average molecular weight is 217 g/mol. The van der Waals surface area contributed by atoms with Gasteiger partial charge in [-0.25, -0.2) is 0 Å². The lowest BCUT2D eigenvalue weighted by Crippen LogP contribution is -2.13. The van der Waals surface area contributed by atoms with Gasteiger partial charge in [0.1, 0.15) is 0 Å². The van der Waals surface area contributed by atoms with E-state index in [0.717, 1.165) is 24.2 Å². The highest BCUT2D eigenvalue weighted by atomic mass is 19.4. The fourth-order valence-electron chi connectivity index (χ4n) is 1.14. The molecule has 84 valence electrons. The van der Waals surface area contributed by atoms with Crippen molar-refractivity contribution in [3.05, 3.63) is 29.8 Å². The standard InChI is InChI=1S/C11H14F3N/c1-3-8(2)15-10-6-4-9(5-7-10)11(12,13)14/h4-8,15H,3H2,1-2H3. The Morgan fingerprint density at radius 3 is 2.13 bits per heavy atom. The number of benzene rings is 1. The molecular weight excluding hydrogens is 203 g/mol. The number of hydrogen-bond donors (Lipinski definition) is 1. The smallest absolute Gasteiger partial charge is 0.383 e. The van der Waals surface area contributed by atoms with Crippen molar-refractivity contribution >= 4 is 5.69 Å². The summed E-state index contributed by atoms with van der Waals surface area (Å²) in [6, 6.07) is 5.35. The summed E-state index contributed by atoms with van der Waals surface area (Å²) in [5.41, 5.74) is 0.106. The first-order chi connectivity index (χ1) is 6.93. The van der Waals surface area contributed by atoms with Crippen molar-refractivity contribution in [2.75, 3.05) is 5.32 Å². The van der Waals surface area contributed by atoms with Crippen LogP contribution in [0.2, 0.25) is 0 Å². The zero-order valence-corrected chi connectivity index (χ0v) is 8.73. The van der Waals surface area contributed by atoms with Crippen molar-refractivity contribution in [1.29, 1.82) is 0 Å². The molecule has 0 aromatic heterocycles. The highest BCUT2D eigenvalue weighted by molar-refractivity contribution is 5.45. The van der Waals surface area contributed by atoms with Crippen molar-refractivity contribution in [1.82, 2.24) is 0 Å². The Bertz CT molecular complexity index is 303. The lowest BCUT2D eigenvalue weighted by Gasteiger charge is -2.13. The van der Waals surface area contributed by atoms with E-state index in [-0.39, 0.29) is 6.04 Å². The van der Waals surface area contributed by atoms with Crippen molar-refractivity contribution in [3.8, 4) is 0 Å². The molecule has 0 amide bonds. The van der Waals surface area contributed by atoms with E-state index in [0.29, 0.717) is 0 Å². The van der Waals surface area contributed by atoms with Gasteiger partial charge in [0.25, 0.3) is 0 Å². The van der Waals surface area contributed by atoms with Gasteiger partial charge in [-0.15, -0.1) is 0 Å². The number of halogens is 3. The Kier molecular flexibility index (Phi) is 3.61. The van der Waals surface area contributed by atoms with E-state index in [1.165, 1.54) is 12.1 Å². The zero-order chi connectivity index (χ0) is 11.5. The molecule has 0 bridgehead atoms. The minimum Gasteiger partial charge on any atom is -0.383 e. The lowest BCUT2D eigenvalue weighted by molar-refractivity contribution is -0.137. The minimum atomic E-state index is -4.26. The first kappa shape index (κ1) is 11.9. The van der Waals surface area contributed by atoms with E-state index in [1.54, 1.807) is 0 Å². The maximum atomic E-state index is 12.2. The van der Waals surface area contributed by atoms with E-state index in [9.17, 15) is 13.2 Å². The number of rotatable bonds is 3. The molecule has 4 heteroatoms. The normalized spacial score (nSPS) is 13.7. The van der Waals surface area contributed by atoms with Gasteiger partial charge in [0.15, 0.2) is 0 Å². The van der Waals surface area contributed by atoms with Crippen LogP contribution in [0.5, 0.6) is 0 Å². The third-order valence-electron chi connectivity index (χ3n) is 2.24. The third kappa shape index (κ3) is 3.46. The van der Waals surface area contributed by atoms with Crippen LogP contribution in [0, 0.1) is 0 Å². The first-order valence-corrected chi connectivity index (χ1v) is 4.87. The second-order valence-electron chi connectivity index (χ2n) is 3.53. The molecule has 0 spiro atoms. The van der Waals surface area contributed by atoms with Crippen LogP contribution in [0.15, 0.2) is 24.3 Å². The lowest BCUT2D eigenvalue weighted by atomic mass is 10.2. The van der Waals surface area contributed by atoms with Crippen LogP contribution in [-0.2, 0) is 6.18 Å². The maximum Gasteiger partial charge on any atom is 0.416 e. The molecule has 0 aliphatic carbocycles. The molecule has 0 heterocycles. The molecule has 0 fully saturated rings. The molecule has 0 saturated heterocycles. The molecule has 1 aromatic rings. The fraction of sp³-hybridized carbons (Fsp3) is 0.455. The predicted molar refractivity (Wildman–Crippen MR) is 54.8 cm³/mol. The van der Waals surface area contributed by atoms with Gasteiger partial charge >= 0.3 is 6.18 Å². The number of nitrogens with one attached hydrogen (secondary N) is 1. The van der Waals surface area contributed by atoms with E-state index >= 15 is 0 Å². The first-order valence-electron chi connectivity index (χ1n) is 4.87. The van der Waals surface area contributed by atoms with Crippen molar-refractivity contribution in [2.45, 2.75) is 32.5 Å². The Labute approximate surface area is 87.3 Å². The largest absolute Gasteiger partial charge is 0.416 e. The van der Waals surface area contributed by atoms with Crippen LogP contribution < -0.4 is 5.32 Å². The molecule has 1 N–H and O–H groups in total. The minimum absolute atomic E-state index is 0.265. The summed E-state index contributed by atoms with van der Waals surface area (Å²) in [6.07, 6.45) is -3.32. The fourth-order valence-corrected chi connectivity index (χ4v) is 1.14. The Balaban J connectivity index is 2.73. The van der Waals surface area contributed by atoms with Gasteiger partial charge in [0.2, 0.25) is 0 Å². The van der Waals surface area contributed by atoms with Gasteiger partial charge in [0, 0.05) is 11.7 Å². The van der Waals surface area contributed by atoms with E-state index in [2.05, 4.69) is 5.32 Å².